The number of benzene rings is 1. The van der Waals surface area contributed by atoms with Crippen LogP contribution >= 0.6 is 0 Å². The Balaban J connectivity index is 2.20. The minimum atomic E-state index is -4.24. The van der Waals surface area contributed by atoms with Crippen LogP contribution in [0.25, 0.3) is 0 Å². The van der Waals surface area contributed by atoms with Gasteiger partial charge in [-0.1, -0.05) is 37.3 Å². The molecule has 0 spiro atoms. The van der Waals surface area contributed by atoms with Gasteiger partial charge in [0.1, 0.15) is 6.61 Å². The summed E-state index contributed by atoms with van der Waals surface area (Å²) in [5.41, 5.74) is 1.29. The van der Waals surface area contributed by atoms with Crippen molar-refractivity contribution < 1.29 is 17.9 Å². The van der Waals surface area contributed by atoms with E-state index in [0.29, 0.717) is 6.42 Å². The van der Waals surface area contributed by atoms with Gasteiger partial charge in [0.25, 0.3) is 0 Å². The first-order valence-electron chi connectivity index (χ1n) is 7.43. The molecule has 0 heterocycles. The van der Waals surface area contributed by atoms with Crippen molar-refractivity contribution in [1.82, 2.24) is 5.32 Å². The summed E-state index contributed by atoms with van der Waals surface area (Å²) in [6, 6.07) is 10.4. The number of alkyl halides is 3. The third kappa shape index (κ3) is 9.47. The number of halogens is 3. The van der Waals surface area contributed by atoms with Gasteiger partial charge < -0.3 is 10.1 Å². The highest BCUT2D eigenvalue weighted by Gasteiger charge is 2.27. The van der Waals surface area contributed by atoms with Crippen molar-refractivity contribution in [3.63, 3.8) is 0 Å². The van der Waals surface area contributed by atoms with Gasteiger partial charge in [0.2, 0.25) is 0 Å². The highest BCUT2D eigenvalue weighted by atomic mass is 19.4. The maximum atomic E-state index is 12.0. The lowest BCUT2D eigenvalue weighted by Crippen LogP contribution is -2.31. The minimum absolute atomic E-state index is 0.141. The maximum Gasteiger partial charge on any atom is 0.411 e. The Hall–Kier alpha value is -1.07. The average Bonchev–Trinajstić information content (AvgIpc) is 2.43. The molecule has 0 amide bonds. The monoisotopic (exact) mass is 303 g/mol. The quantitative estimate of drug-likeness (QED) is 0.661. The molecule has 0 saturated carbocycles. The molecule has 1 N–H and O–H groups in total. The second-order valence-electron chi connectivity index (χ2n) is 5.09. The van der Waals surface area contributed by atoms with Crippen molar-refractivity contribution in [2.45, 2.75) is 44.8 Å². The molecule has 0 aromatic heterocycles. The van der Waals surface area contributed by atoms with E-state index >= 15 is 0 Å². The second kappa shape index (κ2) is 9.79. The van der Waals surface area contributed by atoms with Crippen molar-refractivity contribution >= 4 is 0 Å². The van der Waals surface area contributed by atoms with Crippen molar-refractivity contribution in [3.8, 4) is 0 Å². The summed E-state index contributed by atoms with van der Waals surface area (Å²) < 4.78 is 40.6. The average molecular weight is 303 g/mol. The summed E-state index contributed by atoms with van der Waals surface area (Å²) in [6.45, 7) is 1.80. The van der Waals surface area contributed by atoms with Gasteiger partial charge in [0.05, 0.1) is 0 Å². The van der Waals surface area contributed by atoms with Crippen LogP contribution < -0.4 is 5.32 Å². The van der Waals surface area contributed by atoms with Crippen LogP contribution in [0.3, 0.4) is 0 Å². The van der Waals surface area contributed by atoms with Gasteiger partial charge in [-0.05, 0) is 37.8 Å². The zero-order chi connectivity index (χ0) is 15.6. The molecular weight excluding hydrogens is 279 g/mol. The summed E-state index contributed by atoms with van der Waals surface area (Å²) in [7, 11) is 0. The Bertz CT molecular complexity index is 368. The predicted octanol–water partition coefficient (Wildman–Crippen LogP) is 3.96. The van der Waals surface area contributed by atoms with Crippen LogP contribution in [-0.2, 0) is 11.2 Å². The standard InChI is InChI=1S/C16H24F3NO/c1-2-20-15(11-12-21-13-16(17,18)19)10-6-9-14-7-4-3-5-8-14/h3-5,7-8,15,20H,2,6,9-13H2,1H3. The van der Waals surface area contributed by atoms with Gasteiger partial charge in [-0.2, -0.15) is 13.2 Å². The molecule has 1 unspecified atom stereocenters. The molecule has 120 valence electrons. The third-order valence-electron chi connectivity index (χ3n) is 3.23. The highest BCUT2D eigenvalue weighted by Crippen LogP contribution is 2.15. The zero-order valence-corrected chi connectivity index (χ0v) is 12.5. The Morgan fingerprint density at radius 2 is 1.86 bits per heavy atom. The summed E-state index contributed by atoms with van der Waals surface area (Å²) >= 11 is 0. The lowest BCUT2D eigenvalue weighted by Gasteiger charge is -2.18. The van der Waals surface area contributed by atoms with E-state index < -0.39 is 12.8 Å². The largest absolute Gasteiger partial charge is 0.411 e. The molecule has 0 saturated heterocycles. The van der Waals surface area contributed by atoms with E-state index in [-0.39, 0.29) is 12.6 Å². The molecule has 1 aromatic rings. The first-order chi connectivity index (χ1) is 10.0. The summed E-state index contributed by atoms with van der Waals surface area (Å²) in [5, 5.41) is 3.31. The fraction of sp³-hybridized carbons (Fsp3) is 0.625. The number of rotatable bonds is 10. The Kier molecular flexibility index (Phi) is 8.38. The van der Waals surface area contributed by atoms with Crippen molar-refractivity contribution in [3.05, 3.63) is 35.9 Å². The summed E-state index contributed by atoms with van der Waals surface area (Å²) in [6.07, 6.45) is -0.676. The first kappa shape index (κ1) is 18.0. The number of ether oxygens (including phenoxy) is 1. The van der Waals surface area contributed by atoms with Crippen molar-refractivity contribution in [2.24, 2.45) is 0 Å². The number of hydrogen-bond acceptors (Lipinski definition) is 2. The molecule has 1 rings (SSSR count). The Morgan fingerprint density at radius 1 is 1.14 bits per heavy atom. The van der Waals surface area contributed by atoms with Crippen molar-refractivity contribution in [2.75, 3.05) is 19.8 Å². The SMILES string of the molecule is CCNC(CCCc1ccccc1)CCOCC(F)(F)F. The van der Waals surface area contributed by atoms with Crippen LogP contribution in [0, 0.1) is 0 Å². The van der Waals surface area contributed by atoms with Crippen LogP contribution in [0.4, 0.5) is 13.2 Å². The second-order valence-corrected chi connectivity index (χ2v) is 5.09. The normalized spacial score (nSPS) is 13.3. The molecule has 0 fully saturated rings. The number of hydrogen-bond donors (Lipinski definition) is 1. The van der Waals surface area contributed by atoms with Crippen LogP contribution in [-0.4, -0.2) is 32.0 Å². The van der Waals surface area contributed by atoms with E-state index in [1.165, 1.54) is 5.56 Å². The molecule has 21 heavy (non-hydrogen) atoms. The summed E-state index contributed by atoms with van der Waals surface area (Å²) in [5.74, 6) is 0. The Morgan fingerprint density at radius 3 is 2.48 bits per heavy atom. The fourth-order valence-corrected chi connectivity index (χ4v) is 2.25. The molecule has 2 nitrogen and oxygen atoms in total. The summed E-state index contributed by atoms with van der Waals surface area (Å²) in [4.78, 5) is 0. The van der Waals surface area contributed by atoms with Gasteiger partial charge in [-0.3, -0.25) is 0 Å². The molecule has 1 aromatic carbocycles. The van der Waals surface area contributed by atoms with Gasteiger partial charge in [-0.25, -0.2) is 0 Å². The zero-order valence-electron chi connectivity index (χ0n) is 12.5. The lowest BCUT2D eigenvalue weighted by atomic mass is 10.0. The van der Waals surface area contributed by atoms with E-state index in [1.54, 1.807) is 0 Å². The Labute approximate surface area is 124 Å². The topological polar surface area (TPSA) is 21.3 Å². The van der Waals surface area contributed by atoms with Gasteiger partial charge in [0.15, 0.2) is 0 Å². The first-order valence-corrected chi connectivity index (χ1v) is 7.43. The predicted molar refractivity (Wildman–Crippen MR) is 78.3 cm³/mol. The molecule has 0 aliphatic heterocycles. The van der Waals surface area contributed by atoms with Gasteiger partial charge >= 0.3 is 6.18 Å². The molecule has 0 radical (unpaired) electrons. The van der Waals surface area contributed by atoms with Crippen LogP contribution in [0.1, 0.15) is 31.7 Å². The lowest BCUT2D eigenvalue weighted by molar-refractivity contribution is -0.174. The molecule has 5 heteroatoms. The molecule has 0 aliphatic rings. The third-order valence-corrected chi connectivity index (χ3v) is 3.23. The maximum absolute atomic E-state index is 12.0. The van der Waals surface area contributed by atoms with E-state index in [1.807, 2.05) is 25.1 Å². The van der Waals surface area contributed by atoms with Crippen LogP contribution in [0.2, 0.25) is 0 Å². The van der Waals surface area contributed by atoms with E-state index in [0.717, 1.165) is 25.8 Å². The van der Waals surface area contributed by atoms with Gasteiger partial charge in [0, 0.05) is 12.6 Å². The highest BCUT2D eigenvalue weighted by molar-refractivity contribution is 5.14. The number of nitrogens with one attached hydrogen (secondary N) is 1. The molecular formula is C16H24F3NO. The van der Waals surface area contributed by atoms with E-state index in [2.05, 4.69) is 22.2 Å². The minimum Gasteiger partial charge on any atom is -0.372 e. The van der Waals surface area contributed by atoms with E-state index in [4.69, 9.17) is 0 Å². The molecule has 0 aliphatic carbocycles. The number of aryl methyl sites for hydroxylation is 1. The fourth-order valence-electron chi connectivity index (χ4n) is 2.25. The molecule has 1 atom stereocenters. The molecule has 0 bridgehead atoms. The van der Waals surface area contributed by atoms with E-state index in [9.17, 15) is 13.2 Å². The van der Waals surface area contributed by atoms with Gasteiger partial charge in [-0.15, -0.1) is 0 Å². The van der Waals surface area contributed by atoms with Crippen molar-refractivity contribution in [1.29, 1.82) is 0 Å². The smallest absolute Gasteiger partial charge is 0.372 e. The van der Waals surface area contributed by atoms with Crippen LogP contribution in [0.5, 0.6) is 0 Å². The van der Waals surface area contributed by atoms with Crippen LogP contribution in [0.15, 0.2) is 30.3 Å².